The van der Waals surface area contributed by atoms with Crippen molar-refractivity contribution in [3.8, 4) is 0 Å². The molecule has 3 nitrogen and oxygen atoms in total. The number of rotatable bonds is 4. The second-order valence-corrected chi connectivity index (χ2v) is 6.60. The summed E-state index contributed by atoms with van der Waals surface area (Å²) in [5, 5.41) is 9.02. The maximum atomic E-state index is 6.30. The predicted molar refractivity (Wildman–Crippen MR) is 93.6 cm³/mol. The Labute approximate surface area is 143 Å². The summed E-state index contributed by atoms with van der Waals surface area (Å²) in [6, 6.07) is 3.90. The SMILES string of the molecule is CCn1nc(C)c(C(C)Nc2ccc(Br)c(Cl)c2Cl)c1C. The van der Waals surface area contributed by atoms with Gasteiger partial charge in [0.1, 0.15) is 0 Å². The molecule has 1 unspecified atom stereocenters. The second kappa shape index (κ2) is 6.59. The fourth-order valence-electron chi connectivity index (χ4n) is 2.59. The Hall–Kier alpha value is -0.710. The molecule has 2 aromatic rings. The summed E-state index contributed by atoms with van der Waals surface area (Å²) in [5.74, 6) is 0. The van der Waals surface area contributed by atoms with Crippen molar-refractivity contribution in [2.75, 3.05) is 5.32 Å². The molecule has 0 aliphatic heterocycles. The molecule has 0 spiro atoms. The van der Waals surface area contributed by atoms with Gasteiger partial charge < -0.3 is 5.32 Å². The standard InChI is InChI=1S/C15H18BrCl2N3/c1-5-21-10(4)13(9(3)20-21)8(2)19-12-7-6-11(16)14(17)15(12)18/h6-8,19H,5H2,1-4H3. The van der Waals surface area contributed by atoms with Crippen LogP contribution in [0.3, 0.4) is 0 Å². The third-order valence-corrected chi connectivity index (χ3v) is 5.35. The molecule has 0 aliphatic carbocycles. The minimum atomic E-state index is 0.0973. The molecule has 21 heavy (non-hydrogen) atoms. The van der Waals surface area contributed by atoms with Gasteiger partial charge >= 0.3 is 0 Å². The molecular formula is C15H18BrCl2N3. The number of hydrogen-bond acceptors (Lipinski definition) is 2. The van der Waals surface area contributed by atoms with Crippen LogP contribution in [0.25, 0.3) is 0 Å². The highest BCUT2D eigenvalue weighted by Gasteiger charge is 2.18. The molecule has 1 atom stereocenters. The van der Waals surface area contributed by atoms with Gasteiger partial charge in [0.05, 0.1) is 27.5 Å². The lowest BCUT2D eigenvalue weighted by Gasteiger charge is -2.18. The number of aryl methyl sites for hydroxylation is 2. The van der Waals surface area contributed by atoms with Crippen molar-refractivity contribution < 1.29 is 0 Å². The molecule has 114 valence electrons. The summed E-state index contributed by atoms with van der Waals surface area (Å²) < 4.78 is 2.80. The summed E-state index contributed by atoms with van der Waals surface area (Å²) in [6.45, 7) is 9.18. The summed E-state index contributed by atoms with van der Waals surface area (Å²) in [7, 11) is 0. The maximum Gasteiger partial charge on any atom is 0.0835 e. The lowest BCUT2D eigenvalue weighted by molar-refractivity contribution is 0.632. The Morgan fingerprint density at radius 1 is 1.29 bits per heavy atom. The van der Waals surface area contributed by atoms with E-state index in [9.17, 15) is 0 Å². The summed E-state index contributed by atoms with van der Waals surface area (Å²) >= 11 is 15.8. The summed E-state index contributed by atoms with van der Waals surface area (Å²) in [4.78, 5) is 0. The van der Waals surface area contributed by atoms with Crippen LogP contribution < -0.4 is 5.32 Å². The van der Waals surface area contributed by atoms with Gasteiger partial charge in [-0.1, -0.05) is 23.2 Å². The van der Waals surface area contributed by atoms with Gasteiger partial charge in [-0.2, -0.15) is 5.10 Å². The van der Waals surface area contributed by atoms with E-state index in [0.717, 1.165) is 22.4 Å². The van der Waals surface area contributed by atoms with E-state index >= 15 is 0 Å². The Morgan fingerprint density at radius 2 is 1.95 bits per heavy atom. The van der Waals surface area contributed by atoms with E-state index in [1.807, 2.05) is 23.7 Å². The third-order valence-electron chi connectivity index (χ3n) is 3.58. The molecule has 0 saturated carbocycles. The molecule has 0 bridgehead atoms. The van der Waals surface area contributed by atoms with Gasteiger partial charge in [0.15, 0.2) is 0 Å². The van der Waals surface area contributed by atoms with E-state index in [-0.39, 0.29) is 6.04 Å². The van der Waals surface area contributed by atoms with Gasteiger partial charge in [0.25, 0.3) is 0 Å². The molecule has 1 aromatic carbocycles. The highest BCUT2D eigenvalue weighted by molar-refractivity contribution is 9.10. The van der Waals surface area contributed by atoms with Gasteiger partial charge in [-0.3, -0.25) is 4.68 Å². The first-order valence-corrected chi connectivity index (χ1v) is 8.35. The second-order valence-electron chi connectivity index (χ2n) is 4.99. The number of halogens is 3. The van der Waals surface area contributed by atoms with Crippen molar-refractivity contribution in [1.29, 1.82) is 0 Å². The van der Waals surface area contributed by atoms with Crippen LogP contribution in [0, 0.1) is 13.8 Å². The van der Waals surface area contributed by atoms with Crippen molar-refractivity contribution in [1.82, 2.24) is 9.78 Å². The molecule has 1 aromatic heterocycles. The average molecular weight is 391 g/mol. The van der Waals surface area contributed by atoms with E-state index in [1.165, 1.54) is 11.3 Å². The van der Waals surface area contributed by atoms with Crippen LogP contribution >= 0.6 is 39.1 Å². The molecule has 0 aliphatic rings. The van der Waals surface area contributed by atoms with Gasteiger partial charge in [-0.25, -0.2) is 0 Å². The van der Waals surface area contributed by atoms with Crippen molar-refractivity contribution >= 4 is 44.8 Å². The zero-order valence-corrected chi connectivity index (χ0v) is 15.6. The maximum absolute atomic E-state index is 6.30. The number of anilines is 1. The largest absolute Gasteiger partial charge is 0.377 e. The number of aromatic nitrogens is 2. The molecule has 0 radical (unpaired) electrons. The van der Waals surface area contributed by atoms with Crippen molar-refractivity contribution in [2.24, 2.45) is 0 Å². The topological polar surface area (TPSA) is 29.9 Å². The Balaban J connectivity index is 2.33. The van der Waals surface area contributed by atoms with E-state index in [0.29, 0.717) is 10.0 Å². The molecule has 0 fully saturated rings. The Bertz CT molecular complexity index is 667. The lowest BCUT2D eigenvalue weighted by atomic mass is 10.1. The van der Waals surface area contributed by atoms with Crippen LogP contribution in [0.15, 0.2) is 16.6 Å². The summed E-state index contributed by atoms with van der Waals surface area (Å²) in [6.07, 6.45) is 0. The van der Waals surface area contributed by atoms with E-state index in [1.54, 1.807) is 0 Å². The van der Waals surface area contributed by atoms with E-state index in [4.69, 9.17) is 23.2 Å². The molecule has 1 heterocycles. The number of nitrogens with one attached hydrogen (secondary N) is 1. The normalized spacial score (nSPS) is 12.5. The zero-order valence-electron chi connectivity index (χ0n) is 12.5. The predicted octanol–water partition coefficient (Wildman–Crippen LogP) is 5.76. The van der Waals surface area contributed by atoms with Gasteiger partial charge in [-0.15, -0.1) is 0 Å². The molecule has 6 heteroatoms. The molecular weight excluding hydrogens is 373 g/mol. The van der Waals surface area contributed by atoms with Crippen molar-refractivity contribution in [2.45, 2.75) is 40.3 Å². The molecule has 1 N–H and O–H groups in total. The Kier molecular flexibility index (Phi) is 5.23. The summed E-state index contributed by atoms with van der Waals surface area (Å²) in [5.41, 5.74) is 4.23. The monoisotopic (exact) mass is 389 g/mol. The van der Waals surface area contributed by atoms with Gasteiger partial charge in [-0.05, 0) is 55.8 Å². The molecule has 2 rings (SSSR count). The van der Waals surface area contributed by atoms with E-state index in [2.05, 4.69) is 47.1 Å². The number of hydrogen-bond donors (Lipinski definition) is 1. The van der Waals surface area contributed by atoms with Crippen molar-refractivity contribution in [3.63, 3.8) is 0 Å². The fraction of sp³-hybridized carbons (Fsp3) is 0.400. The van der Waals surface area contributed by atoms with Crippen LogP contribution in [0.1, 0.15) is 36.8 Å². The van der Waals surface area contributed by atoms with Crippen LogP contribution in [0.5, 0.6) is 0 Å². The van der Waals surface area contributed by atoms with Crippen LogP contribution in [-0.2, 0) is 6.54 Å². The fourth-order valence-corrected chi connectivity index (χ4v) is 3.42. The van der Waals surface area contributed by atoms with Crippen LogP contribution in [0.2, 0.25) is 10.0 Å². The number of nitrogens with zero attached hydrogens (tertiary/aromatic N) is 2. The minimum absolute atomic E-state index is 0.0973. The zero-order chi connectivity index (χ0) is 15.7. The highest BCUT2D eigenvalue weighted by atomic mass is 79.9. The average Bonchev–Trinajstić information content (AvgIpc) is 2.74. The van der Waals surface area contributed by atoms with Crippen LogP contribution in [0.4, 0.5) is 5.69 Å². The first-order valence-electron chi connectivity index (χ1n) is 6.80. The third kappa shape index (κ3) is 3.22. The first kappa shape index (κ1) is 16.7. The molecule has 0 amide bonds. The minimum Gasteiger partial charge on any atom is -0.377 e. The lowest BCUT2D eigenvalue weighted by Crippen LogP contribution is -2.09. The molecule has 0 saturated heterocycles. The van der Waals surface area contributed by atoms with Crippen LogP contribution in [-0.4, -0.2) is 9.78 Å². The number of benzene rings is 1. The first-order chi connectivity index (χ1) is 9.86. The van der Waals surface area contributed by atoms with E-state index < -0.39 is 0 Å². The van der Waals surface area contributed by atoms with Crippen molar-refractivity contribution in [3.05, 3.63) is 43.6 Å². The highest BCUT2D eigenvalue weighted by Crippen LogP contribution is 2.37. The van der Waals surface area contributed by atoms with Gasteiger partial charge in [0.2, 0.25) is 0 Å². The quantitative estimate of drug-likeness (QED) is 0.672. The Morgan fingerprint density at radius 3 is 2.52 bits per heavy atom. The smallest absolute Gasteiger partial charge is 0.0835 e. The van der Waals surface area contributed by atoms with Gasteiger partial charge in [0, 0.05) is 22.3 Å².